The van der Waals surface area contributed by atoms with Crippen molar-refractivity contribution in [3.05, 3.63) is 97.5 Å². The number of rotatable bonds is 0. The zero-order valence-electron chi connectivity index (χ0n) is 59.4. The zero-order chi connectivity index (χ0) is 59.4. The van der Waals surface area contributed by atoms with E-state index in [1.807, 2.05) is 25.7 Å². The quantitative estimate of drug-likeness (QED) is 0.228. The molecule has 0 amide bonds. The molecule has 0 nitrogen and oxygen atoms in total. The summed E-state index contributed by atoms with van der Waals surface area (Å²) in [4.78, 5) is 0. The maximum absolute atomic E-state index is 1.89. The Balaban J connectivity index is 0.467. The van der Waals surface area contributed by atoms with Gasteiger partial charge in [0, 0.05) is 0 Å². The summed E-state index contributed by atoms with van der Waals surface area (Å²) >= 11 is 0. The van der Waals surface area contributed by atoms with Crippen molar-refractivity contribution in [3.8, 4) is 0 Å². The highest BCUT2D eigenvalue weighted by molar-refractivity contribution is 6.55. The van der Waals surface area contributed by atoms with Crippen molar-refractivity contribution in [2.45, 2.75) is 25.7 Å². The van der Waals surface area contributed by atoms with Crippen LogP contribution in [0, 0.1) is 597 Å². The highest BCUT2D eigenvalue weighted by atomic mass is 15.8. The van der Waals surface area contributed by atoms with Crippen molar-refractivity contribution < 1.29 is 0 Å². The van der Waals surface area contributed by atoms with Gasteiger partial charge < -0.3 is 0 Å². The van der Waals surface area contributed by atoms with Gasteiger partial charge in [-0.15, -0.1) is 0 Å². The minimum atomic E-state index is 1.11. The maximum atomic E-state index is 1.89. The van der Waals surface area contributed by atoms with Crippen LogP contribution in [-0.4, -0.2) is 0 Å². The molecule has 60 spiro atoms. The Morgan fingerprint density at radius 2 is 0.182 bits per heavy atom. The molecule has 84 aliphatic rings. The normalized spacial score (nSPS) is 151. The first-order valence-corrected chi connectivity index (χ1v) is 54.8. The lowest BCUT2D eigenvalue weighted by molar-refractivity contribution is -1.07. The molecule has 0 aromatic heterocycles. The summed E-state index contributed by atoms with van der Waals surface area (Å²) < 4.78 is 0. The van der Waals surface area contributed by atoms with Crippen LogP contribution in [-0.2, 0) is 0 Å². The van der Waals surface area contributed by atoms with E-state index in [0.717, 1.165) is 325 Å². The molecule has 0 radical (unpaired) electrons. The largest absolute Gasteiger partial charge is 0.0458 e. The molecule has 84 aliphatic carbocycles. The molecule has 84 atom stereocenters. The van der Waals surface area contributed by atoms with Crippen molar-refractivity contribution in [1.29, 1.82) is 0 Å². The van der Waals surface area contributed by atoms with E-state index in [4.69, 9.17) is 0 Å². The second-order valence-electron chi connectivity index (χ2n) is 73.5. The van der Waals surface area contributed by atoms with Gasteiger partial charge in [0.2, 0.25) is 0 Å². The highest BCUT2D eigenvalue weighted by Gasteiger charge is 3.79. The van der Waals surface area contributed by atoms with Gasteiger partial charge >= 0.3 is 0 Å². The molecule has 0 aromatic rings. The van der Waals surface area contributed by atoms with Gasteiger partial charge in [-0.2, -0.15) is 0 Å². The fraction of sp³-hybridized carbons (Fsp3) is 1.00. The van der Waals surface area contributed by atoms with Gasteiger partial charge in [-0.1, -0.05) is 0 Å². The Bertz CT molecular complexity index is 8050. The topological polar surface area (TPSA) is 0 Å². The van der Waals surface area contributed by atoms with Gasteiger partial charge in [0.15, 0.2) is 0 Å². The molecule has 84 fully saturated rings. The first-order chi connectivity index (χ1) is 54.8. The van der Waals surface area contributed by atoms with Gasteiger partial charge in [0.1, 0.15) is 0 Å². The molecule has 0 heterocycles. The first kappa shape index (κ1) is 35.1. The Kier molecular flexibility index (Phi) is 1.61. The van der Waals surface area contributed by atoms with Crippen LogP contribution in [0.4, 0.5) is 0 Å². The molecule has 0 aliphatic heterocycles. The van der Waals surface area contributed by atoms with Crippen molar-refractivity contribution in [1.82, 2.24) is 0 Å². The SMILES string of the molecule is C1C2C3C4CC5C6C7C8C9C%10C%11C%12C%13C%14C%15C%16C%17C%18C%19C%20C%21C%22C%23C%24CC%25C%26C%27CC%28C%29C%30C%31C%32C%33C%34C%35C%36C%37C%38C%39C%40C%41C%42C%43C%44C%45C%46C1C21C32C45C63C74C85C96C%107C%118C%129C%13%10C%14%11C%15%12C%16%13C%17%14C%18%15C%19%16C%20%17C%21%18C%22%19C%23%20C%25%24C%26%21C%27%28C%29%22C%30%23C%31%24C%32%25C%33%26C%34%27C%35%28C%36%29C%37%30C%38%31C%39%32C%40%33C%41%34C%42%35C%43%36C%44%37C%45%38C%461C23C%384C%375C%366C%357C%348C%339C%32%10C%31%11C%30%12C%29%13C%28%14C%27%15C%26%16C%25%17C%24%18C%23%19C%21%22%20. The van der Waals surface area contributed by atoms with Gasteiger partial charge in [0.05, 0.1) is 0 Å². The summed E-state index contributed by atoms with van der Waals surface area (Å²) in [6.45, 7) is 0. The molecule has 0 N–H and O–H groups in total. The summed E-state index contributed by atoms with van der Waals surface area (Å²) in [7, 11) is 0. The van der Waals surface area contributed by atoms with Gasteiger partial charge in [-0.05, 0) is 623 Å². The fourth-order valence-electron chi connectivity index (χ4n) is 132. The Hall–Kier alpha value is 0. The molecule has 0 bridgehead atoms. The fourth-order valence-corrected chi connectivity index (χ4v) is 132. The van der Waals surface area contributed by atoms with Crippen LogP contribution < -0.4 is 0 Å². The van der Waals surface area contributed by atoms with Crippen LogP contribution in [0.3, 0.4) is 0 Å². The molecular weight excluding hydrogens is 1320 g/mol. The van der Waals surface area contributed by atoms with Crippen LogP contribution in [0.25, 0.3) is 0 Å². The minimum absolute atomic E-state index is 1.11. The van der Waals surface area contributed by atoms with Crippen molar-refractivity contribution in [2.24, 2.45) is 500 Å². The predicted molar refractivity (Wildman–Crippen MR) is 340 cm³/mol. The average Bonchev–Trinajstić information content (AvgIpc) is 0.414. The number of hydrogen-bond donors (Lipinski definition) is 0. The van der Waals surface area contributed by atoms with Crippen LogP contribution in [0.15, 0.2) is 0 Å². The van der Waals surface area contributed by atoms with Gasteiger partial charge in [-0.25, -0.2) is 0 Å². The lowest BCUT2D eigenvalue weighted by Gasteiger charge is -3.72. The van der Waals surface area contributed by atoms with Crippen LogP contribution in [0.1, 0.15) is 25.7 Å². The van der Waals surface area contributed by atoms with E-state index in [1.54, 1.807) is 0 Å². The predicted octanol–water partition coefficient (Wildman–Crippen LogP) is 8.68. The number of hydrogen-bond acceptors (Lipinski definition) is 0. The maximum Gasteiger partial charge on any atom is -0.000715 e. The number of fused-ring (bicyclic) bond motifs is 42. The summed E-state index contributed by atoms with van der Waals surface area (Å²) in [6.07, 6.45) is 7.55. The van der Waals surface area contributed by atoms with Crippen molar-refractivity contribution >= 4 is 0 Å². The molecular formula is C110H54. The van der Waals surface area contributed by atoms with Crippen LogP contribution >= 0.6 is 0 Å². The second-order valence-corrected chi connectivity index (χ2v) is 73.5. The average molecular weight is 1380 g/mol. The van der Waals surface area contributed by atoms with Gasteiger partial charge in [-0.3, -0.25) is 0 Å². The van der Waals surface area contributed by atoms with Gasteiger partial charge in [0.25, 0.3) is 0 Å². The standard InChI is InChI=1S/C110H54/c1-5-13-6-2-10-16-20-24-28-32-36-40-45-49-50-46-42-38-34-30-26-22-18-12-4-8-14-7-3-11-17-21-25-29-33-37-41-44-48-47-43-39-35-31-27-23-19-15-9(1)51(5)55(13)52(6,10)58(16)62(20)66(24)70(28)74(32)78(36)82(40)86(45)91(49)92(50)88(46)84(42)80(38)76(34)72(30)68(26)64(22)60(18)54(8,12)56(14)53(7,11)59(17)63(21)67(25)71(29)75(33)79(37)83(41)87(44)90(48)89(47)85(43)81(39)77(35)73(31)69(27)65(23)61(19)57(15,51)93(55,58)95(61,62)97(65,66)99(69,70)101(73,74)103(77,78)105(81,82)107(85,86)109(89,91)110(90,92)108(87,88)106(83,84)104(79,80)102(75,76)100(71,72)98(67,68)96(63,64)94(56,59)60/h5-50H,1-4H2. The summed E-state index contributed by atoms with van der Waals surface area (Å²) in [5.41, 5.74) is 68.3. The van der Waals surface area contributed by atoms with Crippen LogP contribution in [0.5, 0.6) is 0 Å². The van der Waals surface area contributed by atoms with E-state index in [-0.39, 0.29) is 0 Å². The van der Waals surface area contributed by atoms with Crippen molar-refractivity contribution in [3.63, 3.8) is 0 Å². The zero-order valence-corrected chi connectivity index (χ0v) is 59.4. The lowest BCUT2D eigenvalue weighted by Crippen LogP contribution is -3.68. The minimum Gasteiger partial charge on any atom is -0.0458 e. The summed E-state index contributed by atoms with van der Waals surface area (Å²) in [6, 6.07) is 0. The van der Waals surface area contributed by atoms with Crippen molar-refractivity contribution in [2.75, 3.05) is 0 Å². The third-order valence-electron chi connectivity index (χ3n) is 101. The smallest absolute Gasteiger partial charge is 0.000715 e. The first-order valence-electron chi connectivity index (χ1n) is 54.8. The monoisotopic (exact) mass is 1370 g/mol. The molecule has 84 unspecified atom stereocenters. The second kappa shape index (κ2) is 5.05. The summed E-state index contributed by atoms with van der Waals surface area (Å²) in [5.74, 6) is 66.5. The Labute approximate surface area is 618 Å². The molecule has 0 saturated heterocycles. The molecule has 84 saturated carbocycles. The van der Waals surface area contributed by atoms with E-state index >= 15 is 0 Å². The lowest BCUT2D eigenvalue weighted by atomic mass is 8.30. The van der Waals surface area contributed by atoms with E-state index in [0.29, 0.717) is 0 Å². The van der Waals surface area contributed by atoms with E-state index in [1.165, 1.54) is 272 Å². The van der Waals surface area contributed by atoms with E-state index in [9.17, 15) is 0 Å². The molecule has 110 heavy (non-hydrogen) atoms. The van der Waals surface area contributed by atoms with E-state index in [2.05, 4.69) is 0 Å². The molecule has 0 heteroatoms. The Morgan fingerprint density at radius 1 is 0.0818 bits per heavy atom. The highest BCUT2D eigenvalue weighted by Crippen LogP contribution is 3.83. The molecule has 0 aromatic carbocycles. The van der Waals surface area contributed by atoms with Crippen LogP contribution in [0.2, 0.25) is 0 Å². The third-order valence-corrected chi connectivity index (χ3v) is 101. The molecule has 84 rings (SSSR count). The Morgan fingerprint density at radius 3 is 0.318 bits per heavy atom. The summed E-state index contributed by atoms with van der Waals surface area (Å²) in [5, 5.41) is 0. The third kappa shape index (κ3) is 0.696. The van der Waals surface area contributed by atoms with E-state index < -0.39 is 0 Å². The molecule has 494 valence electrons.